The second-order valence-electron chi connectivity index (χ2n) is 6.05. The second-order valence-corrected chi connectivity index (χ2v) is 6.99. The standard InChI is InChI=1S/C20H22N4O2S/c1-15(16-9-5-3-6-10-16)21-19(25)14-27-20-23-22-18(24(20)2)13-26-17-11-7-4-8-12-17/h3-12,15H,13-14H2,1-2H3,(H,21,25). The Hall–Kier alpha value is -2.80. The highest BCUT2D eigenvalue weighted by Crippen LogP contribution is 2.18. The van der Waals surface area contributed by atoms with Crippen molar-refractivity contribution in [3.63, 3.8) is 0 Å². The van der Waals surface area contributed by atoms with Gasteiger partial charge < -0.3 is 14.6 Å². The van der Waals surface area contributed by atoms with Gasteiger partial charge in [-0.05, 0) is 24.6 Å². The Labute approximate surface area is 163 Å². The summed E-state index contributed by atoms with van der Waals surface area (Å²) in [5, 5.41) is 12.0. The van der Waals surface area contributed by atoms with Crippen LogP contribution in [0.1, 0.15) is 24.4 Å². The van der Waals surface area contributed by atoms with Crippen molar-refractivity contribution >= 4 is 17.7 Å². The fourth-order valence-electron chi connectivity index (χ4n) is 2.50. The maximum absolute atomic E-state index is 12.2. The molecule has 140 valence electrons. The molecule has 0 aliphatic carbocycles. The van der Waals surface area contributed by atoms with Crippen LogP contribution < -0.4 is 10.1 Å². The van der Waals surface area contributed by atoms with Gasteiger partial charge >= 0.3 is 0 Å². The number of thioether (sulfide) groups is 1. The Kier molecular flexibility index (Phi) is 6.49. The SMILES string of the molecule is CC(NC(=O)CSc1nnc(COc2ccccc2)n1C)c1ccccc1. The van der Waals surface area contributed by atoms with Crippen LogP contribution in [0, 0.1) is 0 Å². The van der Waals surface area contributed by atoms with Crippen molar-refractivity contribution in [2.24, 2.45) is 7.05 Å². The number of aromatic nitrogens is 3. The molecule has 3 aromatic rings. The quantitative estimate of drug-likeness (QED) is 0.605. The Balaban J connectivity index is 1.49. The van der Waals surface area contributed by atoms with Crippen molar-refractivity contribution in [1.82, 2.24) is 20.1 Å². The third-order valence-electron chi connectivity index (χ3n) is 4.05. The Bertz CT molecular complexity index is 868. The van der Waals surface area contributed by atoms with E-state index < -0.39 is 0 Å². The van der Waals surface area contributed by atoms with Gasteiger partial charge in [-0.2, -0.15) is 0 Å². The highest BCUT2D eigenvalue weighted by atomic mass is 32.2. The Morgan fingerprint density at radius 3 is 2.48 bits per heavy atom. The molecule has 2 aromatic carbocycles. The van der Waals surface area contributed by atoms with Gasteiger partial charge in [0.25, 0.3) is 0 Å². The largest absolute Gasteiger partial charge is 0.486 e. The first kappa shape index (κ1) is 19.0. The molecule has 1 heterocycles. The minimum absolute atomic E-state index is 0.0337. The highest BCUT2D eigenvalue weighted by molar-refractivity contribution is 7.99. The minimum atomic E-state index is -0.0403. The molecule has 0 bridgehead atoms. The van der Waals surface area contributed by atoms with E-state index in [1.165, 1.54) is 11.8 Å². The number of para-hydroxylation sites is 1. The van der Waals surface area contributed by atoms with E-state index in [0.717, 1.165) is 11.3 Å². The van der Waals surface area contributed by atoms with E-state index >= 15 is 0 Å². The zero-order valence-electron chi connectivity index (χ0n) is 15.3. The van der Waals surface area contributed by atoms with Gasteiger partial charge in [0.1, 0.15) is 12.4 Å². The van der Waals surface area contributed by atoms with Gasteiger partial charge in [0.2, 0.25) is 5.91 Å². The van der Waals surface area contributed by atoms with Crippen molar-refractivity contribution in [1.29, 1.82) is 0 Å². The van der Waals surface area contributed by atoms with Crippen LogP contribution in [-0.2, 0) is 18.4 Å². The molecule has 1 amide bonds. The average molecular weight is 382 g/mol. The maximum Gasteiger partial charge on any atom is 0.230 e. The van der Waals surface area contributed by atoms with Crippen molar-refractivity contribution in [3.8, 4) is 5.75 Å². The molecule has 1 atom stereocenters. The lowest BCUT2D eigenvalue weighted by Gasteiger charge is -2.14. The van der Waals surface area contributed by atoms with Gasteiger partial charge in [0.05, 0.1) is 11.8 Å². The molecule has 3 rings (SSSR count). The van der Waals surface area contributed by atoms with Crippen LogP contribution in [0.3, 0.4) is 0 Å². The van der Waals surface area contributed by atoms with Gasteiger partial charge in [-0.15, -0.1) is 10.2 Å². The molecule has 0 saturated carbocycles. The van der Waals surface area contributed by atoms with Crippen molar-refractivity contribution < 1.29 is 9.53 Å². The van der Waals surface area contributed by atoms with Crippen LogP contribution in [0.25, 0.3) is 0 Å². The highest BCUT2D eigenvalue weighted by Gasteiger charge is 2.14. The van der Waals surface area contributed by atoms with Crippen LogP contribution in [0.15, 0.2) is 65.8 Å². The van der Waals surface area contributed by atoms with E-state index in [-0.39, 0.29) is 17.7 Å². The number of rotatable bonds is 8. The minimum Gasteiger partial charge on any atom is -0.486 e. The summed E-state index contributed by atoms with van der Waals surface area (Å²) in [6.45, 7) is 2.30. The summed E-state index contributed by atoms with van der Waals surface area (Å²) in [5.41, 5.74) is 1.08. The number of hydrogen-bond acceptors (Lipinski definition) is 5. The first-order valence-electron chi connectivity index (χ1n) is 8.66. The molecule has 27 heavy (non-hydrogen) atoms. The van der Waals surface area contributed by atoms with Crippen LogP contribution in [0.4, 0.5) is 0 Å². The number of carbonyl (C=O) groups is 1. The average Bonchev–Trinajstić information content (AvgIpc) is 3.06. The number of carbonyl (C=O) groups excluding carboxylic acids is 1. The van der Waals surface area contributed by atoms with E-state index in [4.69, 9.17) is 4.74 Å². The number of nitrogens with zero attached hydrogens (tertiary/aromatic N) is 3. The van der Waals surface area contributed by atoms with Gasteiger partial charge in [0, 0.05) is 7.05 Å². The van der Waals surface area contributed by atoms with Crippen LogP contribution >= 0.6 is 11.8 Å². The third kappa shape index (κ3) is 5.34. The summed E-state index contributed by atoms with van der Waals surface area (Å²) in [4.78, 5) is 12.2. The predicted octanol–water partition coefficient (Wildman–Crippen LogP) is 3.36. The topological polar surface area (TPSA) is 69.0 Å². The molecule has 1 unspecified atom stereocenters. The van der Waals surface area contributed by atoms with Crippen molar-refractivity contribution in [3.05, 3.63) is 72.1 Å². The second kappa shape index (κ2) is 9.23. The summed E-state index contributed by atoms with van der Waals surface area (Å²) in [6, 6.07) is 19.4. The summed E-state index contributed by atoms with van der Waals surface area (Å²) < 4.78 is 7.55. The number of benzene rings is 2. The number of nitrogens with one attached hydrogen (secondary N) is 1. The van der Waals surface area contributed by atoms with E-state index in [1.54, 1.807) is 0 Å². The number of amides is 1. The lowest BCUT2D eigenvalue weighted by Crippen LogP contribution is -2.28. The molecule has 7 heteroatoms. The van der Waals surface area contributed by atoms with Crippen molar-refractivity contribution in [2.45, 2.75) is 24.7 Å². The third-order valence-corrected chi connectivity index (χ3v) is 5.07. The normalized spacial score (nSPS) is 11.8. The molecule has 0 radical (unpaired) electrons. The van der Waals surface area contributed by atoms with E-state index in [0.29, 0.717) is 17.6 Å². The van der Waals surface area contributed by atoms with Crippen LogP contribution in [0.2, 0.25) is 0 Å². The van der Waals surface area contributed by atoms with Gasteiger partial charge in [-0.3, -0.25) is 4.79 Å². The smallest absolute Gasteiger partial charge is 0.230 e. The molecule has 1 N–H and O–H groups in total. The molecule has 0 aliphatic rings. The number of hydrogen-bond donors (Lipinski definition) is 1. The maximum atomic E-state index is 12.2. The molecule has 0 spiro atoms. The summed E-state index contributed by atoms with van der Waals surface area (Å²) in [7, 11) is 1.87. The summed E-state index contributed by atoms with van der Waals surface area (Å²) >= 11 is 1.36. The van der Waals surface area contributed by atoms with Crippen LogP contribution in [-0.4, -0.2) is 26.4 Å². The van der Waals surface area contributed by atoms with Gasteiger partial charge in [-0.25, -0.2) is 0 Å². The fraction of sp³-hybridized carbons (Fsp3) is 0.250. The van der Waals surface area contributed by atoms with Gasteiger partial charge in [0.15, 0.2) is 11.0 Å². The molecular formula is C20H22N4O2S. The first-order valence-corrected chi connectivity index (χ1v) is 9.65. The molecule has 0 saturated heterocycles. The monoisotopic (exact) mass is 382 g/mol. The fourth-order valence-corrected chi connectivity index (χ4v) is 3.24. The molecular weight excluding hydrogens is 360 g/mol. The first-order chi connectivity index (χ1) is 13.1. The lowest BCUT2D eigenvalue weighted by molar-refractivity contribution is -0.119. The summed E-state index contributed by atoms with van der Waals surface area (Å²) in [6.07, 6.45) is 0. The van der Waals surface area contributed by atoms with Crippen molar-refractivity contribution in [2.75, 3.05) is 5.75 Å². The Morgan fingerprint density at radius 1 is 1.11 bits per heavy atom. The predicted molar refractivity (Wildman–Crippen MR) is 106 cm³/mol. The van der Waals surface area contributed by atoms with E-state index in [2.05, 4.69) is 15.5 Å². The van der Waals surface area contributed by atoms with Gasteiger partial charge in [-0.1, -0.05) is 60.3 Å². The number of ether oxygens (including phenoxy) is 1. The molecule has 1 aromatic heterocycles. The lowest BCUT2D eigenvalue weighted by atomic mass is 10.1. The zero-order valence-corrected chi connectivity index (χ0v) is 16.1. The van der Waals surface area contributed by atoms with E-state index in [9.17, 15) is 4.79 Å². The van der Waals surface area contributed by atoms with E-state index in [1.807, 2.05) is 79.2 Å². The zero-order chi connectivity index (χ0) is 19.1. The summed E-state index contributed by atoms with van der Waals surface area (Å²) in [5.74, 6) is 1.73. The molecule has 0 fully saturated rings. The molecule has 6 nitrogen and oxygen atoms in total. The van der Waals surface area contributed by atoms with Crippen LogP contribution in [0.5, 0.6) is 5.75 Å². The molecule has 0 aliphatic heterocycles. The Morgan fingerprint density at radius 2 is 1.78 bits per heavy atom.